The molecule has 3 aromatic rings. The lowest BCUT2D eigenvalue weighted by molar-refractivity contribution is -0.133. The molecule has 2 saturated heterocycles. The molecule has 2 aliphatic heterocycles. The minimum atomic E-state index is -0.194. The maximum atomic E-state index is 13.2. The number of aromatic nitrogens is 2. The Morgan fingerprint density at radius 1 is 1.00 bits per heavy atom. The van der Waals surface area contributed by atoms with Gasteiger partial charge in [-0.3, -0.25) is 9.69 Å². The summed E-state index contributed by atoms with van der Waals surface area (Å²) in [5, 5.41) is 0. The van der Waals surface area contributed by atoms with Crippen molar-refractivity contribution in [3.05, 3.63) is 60.7 Å². The molecule has 3 heterocycles. The van der Waals surface area contributed by atoms with Crippen LogP contribution in [-0.4, -0.2) is 70.6 Å². The van der Waals surface area contributed by atoms with Crippen molar-refractivity contribution in [3.8, 4) is 0 Å². The molecule has 0 N–H and O–H groups in total. The van der Waals surface area contributed by atoms with Crippen LogP contribution in [0, 0.1) is 5.82 Å². The summed E-state index contributed by atoms with van der Waals surface area (Å²) in [6.07, 6.45) is 4.54. The van der Waals surface area contributed by atoms with Crippen molar-refractivity contribution in [2.75, 3.05) is 44.2 Å². The number of nitrogens with zero attached hydrogens (tertiary/aromatic N) is 5. The van der Waals surface area contributed by atoms with Gasteiger partial charge in [0.1, 0.15) is 5.82 Å². The fourth-order valence-electron chi connectivity index (χ4n) is 5.04. The lowest BCUT2D eigenvalue weighted by Gasteiger charge is -2.44. The van der Waals surface area contributed by atoms with Crippen molar-refractivity contribution < 1.29 is 9.18 Å². The van der Waals surface area contributed by atoms with Crippen molar-refractivity contribution in [3.63, 3.8) is 0 Å². The lowest BCUT2D eigenvalue weighted by atomic mass is 10.0. The first kappa shape index (κ1) is 20.9. The molecule has 6 nitrogen and oxygen atoms in total. The summed E-state index contributed by atoms with van der Waals surface area (Å²) >= 11 is 0. The number of rotatable bonds is 5. The number of aryl methyl sites for hydroxylation is 1. The van der Waals surface area contributed by atoms with Gasteiger partial charge in [0.25, 0.3) is 0 Å². The van der Waals surface area contributed by atoms with Crippen LogP contribution in [0.15, 0.2) is 54.9 Å². The van der Waals surface area contributed by atoms with Gasteiger partial charge in [-0.25, -0.2) is 9.37 Å². The van der Waals surface area contributed by atoms with E-state index in [0.717, 1.165) is 68.8 Å². The second-order valence-electron chi connectivity index (χ2n) is 8.81. The summed E-state index contributed by atoms with van der Waals surface area (Å²) in [4.78, 5) is 24.3. The zero-order valence-electron chi connectivity index (χ0n) is 18.4. The molecular weight excluding hydrogens is 405 g/mol. The smallest absolute Gasteiger partial charge is 0.224 e. The van der Waals surface area contributed by atoms with E-state index in [0.29, 0.717) is 19.0 Å². The van der Waals surface area contributed by atoms with Crippen LogP contribution >= 0.6 is 0 Å². The van der Waals surface area contributed by atoms with Gasteiger partial charge in [0, 0.05) is 64.0 Å². The van der Waals surface area contributed by atoms with E-state index in [-0.39, 0.29) is 11.7 Å². The maximum Gasteiger partial charge on any atom is 0.224 e. The van der Waals surface area contributed by atoms with E-state index in [1.54, 1.807) is 0 Å². The number of hydrogen-bond donors (Lipinski definition) is 0. The number of carbonyl (C=O) groups excluding carboxylic acids is 1. The van der Waals surface area contributed by atoms with Crippen molar-refractivity contribution in [2.24, 2.45) is 0 Å². The van der Waals surface area contributed by atoms with Crippen molar-refractivity contribution in [1.82, 2.24) is 19.4 Å². The Hall–Kier alpha value is -2.93. The molecule has 1 amide bonds. The van der Waals surface area contributed by atoms with Gasteiger partial charge in [-0.15, -0.1) is 0 Å². The molecule has 0 radical (unpaired) electrons. The molecule has 168 valence electrons. The van der Waals surface area contributed by atoms with E-state index < -0.39 is 0 Å². The first-order valence-corrected chi connectivity index (χ1v) is 11.6. The van der Waals surface area contributed by atoms with Crippen LogP contribution in [0.3, 0.4) is 0 Å². The number of benzene rings is 2. The average Bonchev–Trinajstić information content (AvgIpc) is 3.26. The molecule has 32 heavy (non-hydrogen) atoms. The van der Waals surface area contributed by atoms with Crippen LogP contribution < -0.4 is 4.90 Å². The third-order valence-electron chi connectivity index (χ3n) is 6.87. The van der Waals surface area contributed by atoms with E-state index in [9.17, 15) is 9.18 Å². The molecule has 1 atom stereocenters. The SMILES string of the molecule is O=C(CCn1cnc2ccccc21)N1CCC[C@@H](N2CCN(c3ccc(F)cc3)CC2)C1. The Labute approximate surface area is 188 Å². The van der Waals surface area contributed by atoms with Crippen molar-refractivity contribution >= 4 is 22.6 Å². The van der Waals surface area contributed by atoms with Crippen molar-refractivity contribution in [1.29, 1.82) is 0 Å². The monoisotopic (exact) mass is 435 g/mol. The molecule has 2 aromatic carbocycles. The van der Waals surface area contributed by atoms with Gasteiger partial charge in [0.05, 0.1) is 17.4 Å². The number of imidazole rings is 1. The number of amides is 1. The molecule has 0 aliphatic carbocycles. The van der Waals surface area contributed by atoms with E-state index in [1.165, 1.54) is 12.1 Å². The van der Waals surface area contributed by atoms with Gasteiger partial charge in [-0.05, 0) is 49.2 Å². The predicted molar refractivity (Wildman–Crippen MR) is 124 cm³/mol. The highest BCUT2D eigenvalue weighted by molar-refractivity contribution is 5.77. The van der Waals surface area contributed by atoms with E-state index in [2.05, 4.69) is 30.3 Å². The number of likely N-dealkylation sites (tertiary alicyclic amines) is 1. The van der Waals surface area contributed by atoms with E-state index in [1.807, 2.05) is 36.7 Å². The summed E-state index contributed by atoms with van der Waals surface area (Å²) in [5.41, 5.74) is 3.13. The molecule has 1 aromatic heterocycles. The molecule has 5 rings (SSSR count). The van der Waals surface area contributed by atoms with Crippen LogP contribution in [0.5, 0.6) is 0 Å². The molecule has 0 bridgehead atoms. The summed E-state index contributed by atoms with van der Waals surface area (Å²) in [7, 11) is 0. The Balaban J connectivity index is 1.13. The molecule has 0 unspecified atom stereocenters. The zero-order chi connectivity index (χ0) is 21.9. The van der Waals surface area contributed by atoms with Crippen LogP contribution in [0.1, 0.15) is 19.3 Å². The minimum absolute atomic E-state index is 0.194. The van der Waals surface area contributed by atoms with Crippen molar-refractivity contribution in [2.45, 2.75) is 31.8 Å². The number of para-hydroxylation sites is 2. The molecular formula is C25H30FN5O. The highest BCUT2D eigenvalue weighted by atomic mass is 19.1. The minimum Gasteiger partial charge on any atom is -0.369 e. The number of fused-ring (bicyclic) bond motifs is 1. The quantitative estimate of drug-likeness (QED) is 0.616. The third-order valence-corrected chi connectivity index (χ3v) is 6.87. The fraction of sp³-hybridized carbons (Fsp3) is 0.440. The van der Waals surface area contributed by atoms with E-state index >= 15 is 0 Å². The topological polar surface area (TPSA) is 44.6 Å². The molecule has 0 spiro atoms. The van der Waals surface area contributed by atoms with Gasteiger partial charge in [0.15, 0.2) is 0 Å². The van der Waals surface area contributed by atoms with Crippen LogP contribution in [0.4, 0.5) is 10.1 Å². The summed E-state index contributed by atoms with van der Waals surface area (Å²) in [6, 6.07) is 15.2. The fourth-order valence-corrected chi connectivity index (χ4v) is 5.04. The standard InChI is InChI=1S/C25H30FN5O/c26-20-7-9-21(10-8-20)28-14-16-29(17-15-28)22-4-3-12-30(18-22)25(32)11-13-31-19-27-23-5-1-2-6-24(23)31/h1-2,5-10,19,22H,3-4,11-18H2/t22-/m1/s1. The number of piperazine rings is 1. The van der Waals surface area contributed by atoms with Gasteiger partial charge in [0.2, 0.25) is 5.91 Å². The Kier molecular flexibility index (Phi) is 6.08. The molecule has 7 heteroatoms. The maximum absolute atomic E-state index is 13.2. The average molecular weight is 436 g/mol. The summed E-state index contributed by atoms with van der Waals surface area (Å²) < 4.78 is 15.3. The lowest BCUT2D eigenvalue weighted by Crippen LogP contribution is -2.55. The normalized spacial score (nSPS) is 20.1. The van der Waals surface area contributed by atoms with Crippen LogP contribution in [0.2, 0.25) is 0 Å². The van der Waals surface area contributed by atoms with Gasteiger partial charge >= 0.3 is 0 Å². The highest BCUT2D eigenvalue weighted by Gasteiger charge is 2.30. The van der Waals surface area contributed by atoms with Gasteiger partial charge < -0.3 is 14.4 Å². The highest BCUT2D eigenvalue weighted by Crippen LogP contribution is 2.22. The van der Waals surface area contributed by atoms with Crippen LogP contribution in [-0.2, 0) is 11.3 Å². The Bertz CT molecular complexity index is 1060. The van der Waals surface area contributed by atoms with Crippen LogP contribution in [0.25, 0.3) is 11.0 Å². The molecule has 2 fully saturated rings. The predicted octanol–water partition coefficient (Wildman–Crippen LogP) is 3.38. The number of hydrogen-bond acceptors (Lipinski definition) is 4. The third kappa shape index (κ3) is 4.48. The van der Waals surface area contributed by atoms with E-state index in [4.69, 9.17) is 0 Å². The zero-order valence-corrected chi connectivity index (χ0v) is 18.4. The summed E-state index contributed by atoms with van der Waals surface area (Å²) in [6.45, 7) is 6.16. The number of piperidine rings is 1. The molecule has 0 saturated carbocycles. The summed E-state index contributed by atoms with van der Waals surface area (Å²) in [5.74, 6) is 0.0398. The first-order valence-electron chi connectivity index (χ1n) is 11.6. The number of anilines is 1. The Morgan fingerprint density at radius 3 is 2.59 bits per heavy atom. The van der Waals surface area contributed by atoms with Gasteiger partial charge in [-0.1, -0.05) is 12.1 Å². The number of carbonyl (C=O) groups is 1. The molecule has 2 aliphatic rings. The second kappa shape index (κ2) is 9.28. The Morgan fingerprint density at radius 2 is 1.78 bits per heavy atom. The van der Waals surface area contributed by atoms with Gasteiger partial charge in [-0.2, -0.15) is 0 Å². The first-order chi connectivity index (χ1) is 15.7. The second-order valence-corrected chi connectivity index (χ2v) is 8.81. The number of halogens is 1. The largest absolute Gasteiger partial charge is 0.369 e.